The van der Waals surface area contributed by atoms with Gasteiger partial charge in [0, 0.05) is 19.5 Å². The minimum Gasteiger partial charge on any atom is -0.489 e. The van der Waals surface area contributed by atoms with Crippen LogP contribution < -0.4 is 4.74 Å². The number of benzene rings is 3. The highest BCUT2D eigenvalue weighted by molar-refractivity contribution is 5.89. The summed E-state index contributed by atoms with van der Waals surface area (Å²) in [5, 5.41) is 0. The third-order valence-corrected chi connectivity index (χ3v) is 6.30. The number of carbonyl (C=O) groups excluding carboxylic acids is 2. The second-order valence-electron chi connectivity index (χ2n) is 9.13. The fraction of sp³-hybridized carbons (Fsp3) is 0.355. The number of esters is 2. The molecule has 3 aromatic rings. The van der Waals surface area contributed by atoms with E-state index in [-0.39, 0.29) is 11.9 Å². The van der Waals surface area contributed by atoms with Crippen LogP contribution in [0.5, 0.6) is 5.75 Å². The van der Waals surface area contributed by atoms with Gasteiger partial charge in [-0.15, -0.1) is 0 Å². The first-order valence-electron chi connectivity index (χ1n) is 12.7. The van der Waals surface area contributed by atoms with Crippen LogP contribution in [0.3, 0.4) is 0 Å². The molecule has 3 rings (SSSR count). The van der Waals surface area contributed by atoms with Gasteiger partial charge < -0.3 is 14.2 Å². The lowest BCUT2D eigenvalue weighted by atomic mass is 10.1. The fourth-order valence-electron chi connectivity index (χ4n) is 4.07. The highest BCUT2D eigenvalue weighted by Crippen LogP contribution is 2.21. The predicted octanol–water partition coefficient (Wildman–Crippen LogP) is 5.75. The Bertz CT molecular complexity index is 1130. The summed E-state index contributed by atoms with van der Waals surface area (Å²) in [5.41, 5.74) is 5.19. The summed E-state index contributed by atoms with van der Waals surface area (Å²) in [6.45, 7) is 5.03. The van der Waals surface area contributed by atoms with Crippen LogP contribution in [0, 0.1) is 6.92 Å². The Balaban J connectivity index is 1.63. The van der Waals surface area contributed by atoms with E-state index in [4.69, 9.17) is 14.2 Å². The van der Waals surface area contributed by atoms with Crippen LogP contribution in [0.15, 0.2) is 72.8 Å². The maximum atomic E-state index is 11.8. The lowest BCUT2D eigenvalue weighted by molar-refractivity contribution is -0.140. The van der Waals surface area contributed by atoms with Crippen molar-refractivity contribution >= 4 is 11.9 Å². The molecule has 0 atom stereocenters. The Morgan fingerprint density at radius 2 is 1.49 bits per heavy atom. The van der Waals surface area contributed by atoms with Gasteiger partial charge in [-0.1, -0.05) is 60.2 Å². The quantitative estimate of drug-likeness (QED) is 0.206. The van der Waals surface area contributed by atoms with E-state index in [1.165, 1.54) is 19.8 Å². The number of aryl methyl sites for hydroxylation is 1. The summed E-state index contributed by atoms with van der Waals surface area (Å²) >= 11 is 0. The van der Waals surface area contributed by atoms with Crippen molar-refractivity contribution < 1.29 is 23.8 Å². The topological polar surface area (TPSA) is 65.1 Å². The number of unbranched alkanes of at least 4 members (excludes halogenated alkanes) is 1. The van der Waals surface area contributed by atoms with Crippen LogP contribution in [0.25, 0.3) is 0 Å². The number of hydrogen-bond donors (Lipinski definition) is 0. The number of para-hydroxylation sites is 1. The highest BCUT2D eigenvalue weighted by atomic mass is 16.5. The van der Waals surface area contributed by atoms with Crippen LogP contribution in [-0.2, 0) is 33.8 Å². The van der Waals surface area contributed by atoms with Crippen molar-refractivity contribution in [3.8, 4) is 5.75 Å². The summed E-state index contributed by atoms with van der Waals surface area (Å²) in [4.78, 5) is 25.6. The van der Waals surface area contributed by atoms with Gasteiger partial charge in [0.15, 0.2) is 0 Å². The summed E-state index contributed by atoms with van der Waals surface area (Å²) < 4.78 is 15.8. The van der Waals surface area contributed by atoms with E-state index >= 15 is 0 Å². The lowest BCUT2D eigenvalue weighted by Crippen LogP contribution is -2.27. The normalized spacial score (nSPS) is 10.8. The zero-order valence-electron chi connectivity index (χ0n) is 22.1. The molecule has 0 bridgehead atoms. The smallest absolute Gasteiger partial charge is 0.337 e. The van der Waals surface area contributed by atoms with Gasteiger partial charge in [-0.3, -0.25) is 9.69 Å². The summed E-state index contributed by atoms with van der Waals surface area (Å²) in [7, 11) is 2.81. The molecule has 0 heterocycles. The van der Waals surface area contributed by atoms with Gasteiger partial charge in [-0.2, -0.15) is 0 Å². The van der Waals surface area contributed by atoms with Gasteiger partial charge in [0.05, 0.1) is 19.8 Å². The Labute approximate surface area is 220 Å². The number of methoxy groups -OCH3 is 2. The molecule has 3 aromatic carbocycles. The predicted molar refractivity (Wildman–Crippen MR) is 145 cm³/mol. The molecular formula is C31H37NO5. The fourth-order valence-corrected chi connectivity index (χ4v) is 4.07. The highest BCUT2D eigenvalue weighted by Gasteiger charge is 2.12. The third kappa shape index (κ3) is 9.39. The number of nitrogens with zero attached hydrogens (tertiary/aromatic N) is 1. The molecule has 0 unspecified atom stereocenters. The monoisotopic (exact) mass is 503 g/mol. The molecule has 0 aromatic heterocycles. The van der Waals surface area contributed by atoms with Crippen LogP contribution >= 0.6 is 0 Å². The first-order chi connectivity index (χ1) is 18.0. The minimum absolute atomic E-state index is 0.176. The summed E-state index contributed by atoms with van der Waals surface area (Å²) in [5.74, 6) is 0.384. The van der Waals surface area contributed by atoms with Crippen molar-refractivity contribution in [2.24, 2.45) is 0 Å². The molecule has 0 radical (unpaired) electrons. The summed E-state index contributed by atoms with van der Waals surface area (Å²) in [6, 6.07) is 24.1. The van der Waals surface area contributed by atoms with Crippen molar-refractivity contribution in [2.75, 3.05) is 27.3 Å². The first kappa shape index (κ1) is 27.9. The van der Waals surface area contributed by atoms with E-state index in [9.17, 15) is 9.59 Å². The summed E-state index contributed by atoms with van der Waals surface area (Å²) in [6.07, 6.45) is 2.93. The Morgan fingerprint density at radius 1 is 0.784 bits per heavy atom. The van der Waals surface area contributed by atoms with Crippen LogP contribution in [0.1, 0.15) is 51.9 Å². The number of ether oxygens (including phenoxy) is 3. The van der Waals surface area contributed by atoms with Gasteiger partial charge in [-0.25, -0.2) is 4.79 Å². The molecule has 37 heavy (non-hydrogen) atoms. The van der Waals surface area contributed by atoms with Crippen LogP contribution in [0.2, 0.25) is 0 Å². The molecular weight excluding hydrogens is 466 g/mol. The Hall–Kier alpha value is -3.64. The van der Waals surface area contributed by atoms with Gasteiger partial charge in [0.25, 0.3) is 0 Å². The van der Waals surface area contributed by atoms with Crippen molar-refractivity contribution in [3.63, 3.8) is 0 Å². The maximum Gasteiger partial charge on any atom is 0.337 e. The van der Waals surface area contributed by atoms with Gasteiger partial charge >= 0.3 is 11.9 Å². The zero-order valence-corrected chi connectivity index (χ0v) is 22.1. The maximum absolute atomic E-state index is 11.8. The number of hydrogen-bond acceptors (Lipinski definition) is 6. The molecule has 0 aliphatic rings. The average molecular weight is 504 g/mol. The van der Waals surface area contributed by atoms with E-state index < -0.39 is 0 Å². The Morgan fingerprint density at radius 3 is 2.19 bits per heavy atom. The second kappa shape index (κ2) is 14.8. The largest absolute Gasteiger partial charge is 0.489 e. The Kier molecular flexibility index (Phi) is 11.2. The average Bonchev–Trinajstić information content (AvgIpc) is 2.93. The van der Waals surface area contributed by atoms with Gasteiger partial charge in [-0.05, 0) is 67.6 Å². The minimum atomic E-state index is -0.339. The van der Waals surface area contributed by atoms with Crippen molar-refractivity contribution in [1.82, 2.24) is 4.90 Å². The first-order valence-corrected chi connectivity index (χ1v) is 12.7. The molecule has 0 amide bonds. The van der Waals surface area contributed by atoms with E-state index in [1.807, 2.05) is 30.3 Å². The lowest BCUT2D eigenvalue weighted by Gasteiger charge is -2.23. The molecule has 6 heteroatoms. The molecule has 0 saturated carbocycles. The third-order valence-electron chi connectivity index (χ3n) is 6.30. The van der Waals surface area contributed by atoms with E-state index in [0.29, 0.717) is 18.6 Å². The van der Waals surface area contributed by atoms with Crippen LogP contribution in [0.4, 0.5) is 0 Å². The zero-order chi connectivity index (χ0) is 26.5. The van der Waals surface area contributed by atoms with Crippen LogP contribution in [-0.4, -0.2) is 44.1 Å². The molecule has 6 nitrogen and oxygen atoms in total. The molecule has 0 aliphatic heterocycles. The van der Waals surface area contributed by atoms with Gasteiger partial charge in [0.1, 0.15) is 12.4 Å². The van der Waals surface area contributed by atoms with E-state index in [1.54, 1.807) is 12.1 Å². The SMILES string of the molecule is COC(=O)CCCCN(CCc1ccccc1OCc1ccc(C)cc1)Cc1ccc(C(=O)OC)cc1. The molecule has 0 fully saturated rings. The van der Waals surface area contributed by atoms with Crippen molar-refractivity contribution in [2.45, 2.75) is 45.8 Å². The molecule has 0 aliphatic carbocycles. The molecule has 196 valence electrons. The van der Waals surface area contributed by atoms with Crippen molar-refractivity contribution in [3.05, 3.63) is 101 Å². The standard InChI is InChI=1S/C31H37NO5/c1-24-11-13-26(14-12-24)23-37-29-9-5-4-8-27(29)19-21-32(20-7-6-10-30(33)35-2)22-25-15-17-28(18-16-25)31(34)36-3/h4-5,8-9,11-18H,6-7,10,19-23H2,1-3H3. The van der Waals surface area contributed by atoms with Crippen molar-refractivity contribution in [1.29, 1.82) is 0 Å². The second-order valence-corrected chi connectivity index (χ2v) is 9.13. The number of carbonyl (C=O) groups is 2. The molecule has 0 spiro atoms. The van der Waals surface area contributed by atoms with E-state index in [0.717, 1.165) is 61.3 Å². The number of rotatable bonds is 14. The van der Waals surface area contributed by atoms with E-state index in [2.05, 4.69) is 42.2 Å². The molecule has 0 N–H and O–H groups in total. The van der Waals surface area contributed by atoms with Gasteiger partial charge in [0.2, 0.25) is 0 Å². The molecule has 0 saturated heterocycles.